The molecule has 0 aromatic rings. The summed E-state index contributed by atoms with van der Waals surface area (Å²) in [5, 5.41) is 0. The molecule has 0 N–H and O–H groups in total. The molecule has 2 aliphatic rings. The fourth-order valence-corrected chi connectivity index (χ4v) is 3.70. The van der Waals surface area contributed by atoms with Gasteiger partial charge in [-0.3, -0.25) is 0 Å². The van der Waals surface area contributed by atoms with E-state index in [2.05, 4.69) is 32.6 Å². The minimum Gasteiger partial charge on any atom is -0.103 e. The van der Waals surface area contributed by atoms with E-state index in [0.717, 1.165) is 24.2 Å². The van der Waals surface area contributed by atoms with Gasteiger partial charge in [-0.15, -0.1) is 5.92 Å². The molecule has 0 aromatic carbocycles. The fraction of sp³-hybridized carbons (Fsp3) is 0.900. The lowest BCUT2D eigenvalue weighted by Crippen LogP contribution is -2.23. The summed E-state index contributed by atoms with van der Waals surface area (Å²) in [6.45, 7) is 7.34. The summed E-state index contributed by atoms with van der Waals surface area (Å²) < 4.78 is 0. The van der Waals surface area contributed by atoms with Gasteiger partial charge in [-0.05, 0) is 49.4 Å². The van der Waals surface area contributed by atoms with Gasteiger partial charge in [-0.25, -0.2) is 0 Å². The third-order valence-electron chi connectivity index (χ3n) is 5.98. The molecule has 0 aliphatic heterocycles. The first-order chi connectivity index (χ1) is 9.62. The van der Waals surface area contributed by atoms with Crippen molar-refractivity contribution in [2.24, 2.45) is 23.2 Å². The van der Waals surface area contributed by atoms with Crippen LogP contribution in [0.4, 0.5) is 0 Å². The minimum absolute atomic E-state index is 0.546. The molecule has 0 spiro atoms. The van der Waals surface area contributed by atoms with Gasteiger partial charge in [-0.2, -0.15) is 0 Å². The Balaban J connectivity index is 1.87. The molecule has 2 aliphatic carbocycles. The topological polar surface area (TPSA) is 0 Å². The van der Waals surface area contributed by atoms with E-state index in [4.69, 9.17) is 0 Å². The highest BCUT2D eigenvalue weighted by Crippen LogP contribution is 2.42. The van der Waals surface area contributed by atoms with E-state index in [-0.39, 0.29) is 0 Å². The third kappa shape index (κ3) is 4.83. The maximum absolute atomic E-state index is 3.53. The van der Waals surface area contributed by atoms with E-state index in [1.807, 2.05) is 0 Å². The Morgan fingerprint density at radius 2 is 1.65 bits per heavy atom. The maximum atomic E-state index is 3.53. The van der Waals surface area contributed by atoms with Gasteiger partial charge in [0.15, 0.2) is 0 Å². The van der Waals surface area contributed by atoms with Crippen LogP contribution in [0.15, 0.2) is 0 Å². The molecule has 1 saturated carbocycles. The molecule has 0 radical (unpaired) electrons. The number of rotatable bonds is 1. The van der Waals surface area contributed by atoms with Gasteiger partial charge in [0.25, 0.3) is 0 Å². The van der Waals surface area contributed by atoms with Crippen LogP contribution in [0.5, 0.6) is 0 Å². The van der Waals surface area contributed by atoms with Crippen molar-refractivity contribution in [2.45, 2.75) is 91.4 Å². The lowest BCUT2D eigenvalue weighted by Gasteiger charge is -2.34. The zero-order valence-electron chi connectivity index (χ0n) is 14.0. The van der Waals surface area contributed by atoms with Crippen molar-refractivity contribution < 1.29 is 0 Å². The highest BCUT2D eigenvalue weighted by atomic mass is 14.4. The van der Waals surface area contributed by atoms with Crippen molar-refractivity contribution in [3.8, 4) is 11.8 Å². The zero-order valence-corrected chi connectivity index (χ0v) is 14.0. The summed E-state index contributed by atoms with van der Waals surface area (Å²) in [5.41, 5.74) is 0.546. The second-order valence-electron chi connectivity index (χ2n) is 7.89. The van der Waals surface area contributed by atoms with Gasteiger partial charge in [-0.1, -0.05) is 58.8 Å². The van der Waals surface area contributed by atoms with Crippen LogP contribution in [0.3, 0.4) is 0 Å². The predicted octanol–water partition coefficient (Wildman–Crippen LogP) is 6.20. The highest BCUT2D eigenvalue weighted by molar-refractivity contribution is 5.12. The summed E-state index contributed by atoms with van der Waals surface area (Å²) in [5.74, 6) is 9.55. The molecule has 0 heterocycles. The van der Waals surface area contributed by atoms with E-state index in [1.165, 1.54) is 64.2 Å². The molecule has 3 unspecified atom stereocenters. The SMILES string of the molecule is CC(C)C1(C)CCCC#CC2CC2CCCCCCC1. The Kier molecular flexibility index (Phi) is 6.01. The average molecular weight is 274 g/mol. The molecule has 0 heteroatoms. The first-order valence-corrected chi connectivity index (χ1v) is 9.10. The smallest absolute Gasteiger partial charge is 0.0234 e. The van der Waals surface area contributed by atoms with Crippen LogP contribution in [0.1, 0.15) is 91.4 Å². The summed E-state index contributed by atoms with van der Waals surface area (Å²) in [6, 6.07) is 0. The highest BCUT2D eigenvalue weighted by Gasteiger charge is 2.34. The van der Waals surface area contributed by atoms with E-state index < -0.39 is 0 Å². The molecule has 114 valence electrons. The van der Waals surface area contributed by atoms with Crippen LogP contribution in [-0.4, -0.2) is 0 Å². The average Bonchev–Trinajstić information content (AvgIpc) is 3.14. The molecule has 3 atom stereocenters. The van der Waals surface area contributed by atoms with Crippen molar-refractivity contribution in [3.63, 3.8) is 0 Å². The normalized spacial score (nSPS) is 36.2. The second-order valence-corrected chi connectivity index (χ2v) is 7.89. The van der Waals surface area contributed by atoms with Crippen LogP contribution in [0.2, 0.25) is 0 Å². The molecule has 0 nitrogen and oxygen atoms in total. The van der Waals surface area contributed by atoms with Crippen LogP contribution in [0.25, 0.3) is 0 Å². The molecule has 1 fully saturated rings. The van der Waals surface area contributed by atoms with Crippen molar-refractivity contribution >= 4 is 0 Å². The standard InChI is InChI=1S/C20H34/c1-17(2)20(3)14-10-6-4-5-8-12-18-16-19(18)13-9-7-11-15-20/h17-19H,4-8,10-12,14-16H2,1-3H3. The minimum atomic E-state index is 0.546. The molecule has 20 heavy (non-hydrogen) atoms. The molecular formula is C20H34. The predicted molar refractivity (Wildman–Crippen MR) is 88.5 cm³/mol. The lowest BCUT2D eigenvalue weighted by atomic mass is 9.71. The van der Waals surface area contributed by atoms with Crippen LogP contribution < -0.4 is 0 Å². The Morgan fingerprint density at radius 3 is 2.45 bits per heavy atom. The summed E-state index contributed by atoms with van der Waals surface area (Å²) >= 11 is 0. The Labute approximate surface area is 127 Å². The molecule has 0 aromatic heterocycles. The van der Waals surface area contributed by atoms with E-state index >= 15 is 0 Å². The molecule has 0 bridgehead atoms. The van der Waals surface area contributed by atoms with Gasteiger partial charge in [0.05, 0.1) is 0 Å². The molecule has 0 saturated heterocycles. The third-order valence-corrected chi connectivity index (χ3v) is 5.98. The van der Waals surface area contributed by atoms with Gasteiger partial charge in [0.2, 0.25) is 0 Å². The Bertz CT molecular complexity index is 343. The molecule has 0 amide bonds. The van der Waals surface area contributed by atoms with Gasteiger partial charge >= 0.3 is 0 Å². The maximum Gasteiger partial charge on any atom is 0.0234 e. The van der Waals surface area contributed by atoms with Crippen LogP contribution >= 0.6 is 0 Å². The van der Waals surface area contributed by atoms with E-state index in [1.54, 1.807) is 0 Å². The van der Waals surface area contributed by atoms with Crippen LogP contribution in [-0.2, 0) is 0 Å². The Morgan fingerprint density at radius 1 is 0.950 bits per heavy atom. The first-order valence-electron chi connectivity index (χ1n) is 9.10. The first kappa shape index (κ1) is 15.9. The van der Waals surface area contributed by atoms with Crippen molar-refractivity contribution in [3.05, 3.63) is 0 Å². The van der Waals surface area contributed by atoms with E-state index in [0.29, 0.717) is 5.41 Å². The van der Waals surface area contributed by atoms with E-state index in [9.17, 15) is 0 Å². The number of hydrogen-bond donors (Lipinski definition) is 0. The number of hydrogen-bond acceptors (Lipinski definition) is 0. The van der Waals surface area contributed by atoms with Crippen molar-refractivity contribution in [1.82, 2.24) is 0 Å². The summed E-state index contributed by atoms with van der Waals surface area (Å²) in [6.07, 6.45) is 15.3. The van der Waals surface area contributed by atoms with Crippen LogP contribution in [0, 0.1) is 35.0 Å². The molecule has 2 rings (SSSR count). The van der Waals surface area contributed by atoms with Crippen molar-refractivity contribution in [2.75, 3.05) is 0 Å². The van der Waals surface area contributed by atoms with Gasteiger partial charge in [0.1, 0.15) is 0 Å². The fourth-order valence-electron chi connectivity index (χ4n) is 3.70. The zero-order chi connectivity index (χ0) is 14.4. The summed E-state index contributed by atoms with van der Waals surface area (Å²) in [4.78, 5) is 0. The van der Waals surface area contributed by atoms with Gasteiger partial charge in [0, 0.05) is 12.3 Å². The quantitative estimate of drug-likeness (QED) is 0.499. The Hall–Kier alpha value is -0.440. The lowest BCUT2D eigenvalue weighted by molar-refractivity contribution is 0.171. The van der Waals surface area contributed by atoms with Gasteiger partial charge < -0.3 is 0 Å². The second kappa shape index (κ2) is 7.53. The molecular weight excluding hydrogens is 240 g/mol. The number of fused-ring (bicyclic) bond motifs is 1. The van der Waals surface area contributed by atoms with Crippen molar-refractivity contribution in [1.29, 1.82) is 0 Å². The summed E-state index contributed by atoms with van der Waals surface area (Å²) in [7, 11) is 0. The largest absolute Gasteiger partial charge is 0.103 e. The monoisotopic (exact) mass is 274 g/mol.